The number of pyridine rings is 2. The first-order chi connectivity index (χ1) is 25.1. The van der Waals surface area contributed by atoms with Crippen molar-refractivity contribution in [3.05, 3.63) is 104 Å². The fraction of sp³-hybridized carbons (Fsp3) is 0.308. The van der Waals surface area contributed by atoms with Crippen molar-refractivity contribution in [1.82, 2.24) is 29.9 Å². The maximum absolute atomic E-state index is 13.6. The van der Waals surface area contributed by atoms with Gasteiger partial charge >= 0.3 is 5.97 Å². The van der Waals surface area contributed by atoms with E-state index in [9.17, 15) is 19.5 Å². The lowest BCUT2D eigenvalue weighted by molar-refractivity contribution is -0.141. The monoisotopic (exact) mass is 740 g/mol. The van der Waals surface area contributed by atoms with Gasteiger partial charge in [0.05, 0.1) is 34.3 Å². The van der Waals surface area contributed by atoms with Crippen LogP contribution < -0.4 is 20.9 Å². The summed E-state index contributed by atoms with van der Waals surface area (Å²) in [6.45, 7) is 4.40. The quantitative estimate of drug-likeness (QED) is 0.149. The SMILES string of the molecule is COc1nc(-c2cccc(-c3cccc(-c4ccn5c(=O)c(CN6CCC(C(=O)O)C6)c(C)nc5c4)c3Cl)c2Cl)ccc1CNC[C@@H]1CCC(=O)N1. The van der Waals surface area contributed by atoms with Gasteiger partial charge in [0.15, 0.2) is 0 Å². The molecule has 2 atom stereocenters. The van der Waals surface area contributed by atoms with Crippen molar-refractivity contribution in [2.75, 3.05) is 26.7 Å². The molecule has 5 aromatic rings. The topological polar surface area (TPSA) is 138 Å². The summed E-state index contributed by atoms with van der Waals surface area (Å²) in [6, 6.07) is 19.2. The molecular formula is C39H38Cl2N6O5. The van der Waals surface area contributed by atoms with Gasteiger partial charge in [-0.1, -0.05) is 65.7 Å². The summed E-state index contributed by atoms with van der Waals surface area (Å²) in [5.41, 5.74) is 6.74. The summed E-state index contributed by atoms with van der Waals surface area (Å²) in [4.78, 5) is 48.1. The molecular weight excluding hydrogens is 703 g/mol. The number of nitrogens with zero attached hydrogens (tertiary/aromatic N) is 4. The van der Waals surface area contributed by atoms with Crippen molar-refractivity contribution in [2.24, 2.45) is 5.92 Å². The Kier molecular flexibility index (Phi) is 10.3. The zero-order valence-corrected chi connectivity index (χ0v) is 30.3. The zero-order valence-electron chi connectivity index (χ0n) is 28.8. The summed E-state index contributed by atoms with van der Waals surface area (Å²) in [5, 5.41) is 16.7. The molecule has 1 unspecified atom stereocenters. The average molecular weight is 742 g/mol. The highest BCUT2D eigenvalue weighted by Crippen LogP contribution is 2.42. The van der Waals surface area contributed by atoms with Crippen molar-refractivity contribution in [1.29, 1.82) is 0 Å². The number of hydrogen-bond donors (Lipinski definition) is 3. The number of rotatable bonds is 11. The molecule has 0 aliphatic carbocycles. The molecule has 2 aromatic carbocycles. The van der Waals surface area contributed by atoms with E-state index in [1.54, 1.807) is 13.3 Å². The molecule has 2 aliphatic heterocycles. The van der Waals surface area contributed by atoms with Crippen LogP contribution >= 0.6 is 23.2 Å². The number of carbonyl (C=O) groups is 2. The van der Waals surface area contributed by atoms with Gasteiger partial charge in [0.1, 0.15) is 5.65 Å². The van der Waals surface area contributed by atoms with Gasteiger partial charge in [-0.2, -0.15) is 0 Å². The first-order valence-electron chi connectivity index (χ1n) is 17.2. The minimum Gasteiger partial charge on any atom is -0.481 e. The first kappa shape index (κ1) is 35.6. The molecule has 52 heavy (non-hydrogen) atoms. The van der Waals surface area contributed by atoms with Crippen molar-refractivity contribution in [3.8, 4) is 39.4 Å². The van der Waals surface area contributed by atoms with E-state index in [2.05, 4.69) is 10.6 Å². The van der Waals surface area contributed by atoms with Crippen LogP contribution in [0.2, 0.25) is 10.0 Å². The maximum Gasteiger partial charge on any atom is 0.307 e. The van der Waals surface area contributed by atoms with Crippen LogP contribution in [0.3, 0.4) is 0 Å². The van der Waals surface area contributed by atoms with Gasteiger partial charge in [0.25, 0.3) is 5.56 Å². The largest absolute Gasteiger partial charge is 0.481 e. The van der Waals surface area contributed by atoms with E-state index < -0.39 is 11.9 Å². The van der Waals surface area contributed by atoms with Gasteiger partial charge < -0.3 is 20.5 Å². The number of carboxylic acids is 1. The Morgan fingerprint density at radius 1 is 1.00 bits per heavy atom. The second kappa shape index (κ2) is 15.0. The third kappa shape index (κ3) is 7.14. The van der Waals surface area contributed by atoms with E-state index in [0.717, 1.165) is 39.8 Å². The number of aromatic nitrogens is 3. The minimum atomic E-state index is -0.807. The van der Waals surface area contributed by atoms with E-state index >= 15 is 0 Å². The molecule has 2 saturated heterocycles. The Bertz CT molecular complexity index is 2260. The highest BCUT2D eigenvalue weighted by atomic mass is 35.5. The number of likely N-dealkylation sites (tertiary alicyclic amines) is 1. The van der Waals surface area contributed by atoms with Crippen LogP contribution in [-0.4, -0.2) is 69.0 Å². The van der Waals surface area contributed by atoms with Crippen molar-refractivity contribution in [2.45, 2.75) is 45.3 Å². The number of carbonyl (C=O) groups excluding carboxylic acids is 1. The molecule has 2 aliphatic rings. The predicted molar refractivity (Wildman–Crippen MR) is 201 cm³/mol. The lowest BCUT2D eigenvalue weighted by Crippen LogP contribution is -2.35. The molecule has 7 rings (SSSR count). The number of benzene rings is 2. The molecule has 5 heterocycles. The van der Waals surface area contributed by atoms with E-state index in [4.69, 9.17) is 37.9 Å². The van der Waals surface area contributed by atoms with E-state index in [1.807, 2.05) is 72.5 Å². The van der Waals surface area contributed by atoms with Gasteiger partial charge in [0.2, 0.25) is 11.8 Å². The fourth-order valence-electron chi connectivity index (χ4n) is 7.08. The molecule has 2 fully saturated rings. The van der Waals surface area contributed by atoms with Crippen molar-refractivity contribution < 1.29 is 19.4 Å². The van der Waals surface area contributed by atoms with E-state index in [-0.39, 0.29) is 17.5 Å². The molecule has 11 nitrogen and oxygen atoms in total. The van der Waals surface area contributed by atoms with E-state index in [0.29, 0.717) is 84.1 Å². The Hall–Kier alpha value is -4.81. The number of carboxylic acid groups (broad SMARTS) is 1. The van der Waals surface area contributed by atoms with Crippen molar-refractivity contribution in [3.63, 3.8) is 0 Å². The number of aryl methyl sites for hydroxylation is 1. The number of aliphatic carboxylic acids is 1. The molecule has 1 amide bonds. The molecule has 13 heteroatoms. The number of methoxy groups -OCH3 is 1. The molecule has 0 radical (unpaired) electrons. The Balaban J connectivity index is 1.14. The van der Waals surface area contributed by atoms with Gasteiger partial charge in [-0.25, -0.2) is 9.97 Å². The minimum absolute atomic E-state index is 0.0881. The number of nitrogens with one attached hydrogen (secondary N) is 2. The molecule has 0 saturated carbocycles. The lowest BCUT2D eigenvalue weighted by atomic mass is 9.97. The second-order valence-electron chi connectivity index (χ2n) is 13.3. The summed E-state index contributed by atoms with van der Waals surface area (Å²) < 4.78 is 7.17. The van der Waals surface area contributed by atoms with E-state index in [1.165, 1.54) is 4.40 Å². The highest BCUT2D eigenvalue weighted by Gasteiger charge is 2.29. The van der Waals surface area contributed by atoms with Gasteiger partial charge in [-0.05, 0) is 50.1 Å². The standard InChI is InChI=1S/C39H38Cl2N6O5/c1-22-31(21-46-15-13-25(20-46)39(50)51)38(49)47-16-14-23(17-33(47)43-22)27-5-3-6-28(35(27)40)29-7-4-8-30(36(29)41)32-11-9-24(37(45-32)52-2)18-42-19-26-10-12-34(48)44-26/h3-9,11,14,16-17,25-26,42H,10,12-13,15,18-21H2,1-2H3,(H,44,48)(H,50,51)/t25?,26-/m0/s1. The number of hydrogen-bond acceptors (Lipinski definition) is 8. The van der Waals surface area contributed by atoms with Crippen LogP contribution in [0.5, 0.6) is 5.88 Å². The predicted octanol–water partition coefficient (Wildman–Crippen LogP) is 5.99. The molecule has 268 valence electrons. The van der Waals surface area contributed by atoms with Crippen LogP contribution in [-0.2, 0) is 22.7 Å². The normalized spacial score (nSPS) is 17.5. The average Bonchev–Trinajstić information content (AvgIpc) is 3.79. The number of halogens is 2. The summed E-state index contributed by atoms with van der Waals surface area (Å²) >= 11 is 14.2. The Labute approximate surface area is 310 Å². The summed E-state index contributed by atoms with van der Waals surface area (Å²) in [6.07, 6.45) is 3.65. The third-order valence-corrected chi connectivity index (χ3v) is 10.7. The van der Waals surface area contributed by atoms with Gasteiger partial charge in [-0.15, -0.1) is 0 Å². The van der Waals surface area contributed by atoms with Crippen LogP contribution in [0.15, 0.2) is 71.7 Å². The smallest absolute Gasteiger partial charge is 0.307 e. The molecule has 0 bridgehead atoms. The van der Waals surface area contributed by atoms with Gasteiger partial charge in [-0.3, -0.25) is 23.7 Å². The molecule has 3 aromatic heterocycles. The van der Waals surface area contributed by atoms with Crippen molar-refractivity contribution >= 4 is 40.7 Å². The first-order valence-corrected chi connectivity index (χ1v) is 18.0. The van der Waals surface area contributed by atoms with Crippen LogP contribution in [0.4, 0.5) is 0 Å². The number of fused-ring (bicyclic) bond motifs is 1. The number of amides is 1. The van der Waals surface area contributed by atoms with Gasteiger partial charge in [0, 0.05) is 78.3 Å². The number of ether oxygens (including phenoxy) is 1. The zero-order chi connectivity index (χ0) is 36.5. The second-order valence-corrected chi connectivity index (χ2v) is 14.1. The Morgan fingerprint density at radius 3 is 2.42 bits per heavy atom. The summed E-state index contributed by atoms with van der Waals surface area (Å²) in [5.74, 6) is -0.656. The Morgan fingerprint density at radius 2 is 1.73 bits per heavy atom. The lowest BCUT2D eigenvalue weighted by Gasteiger charge is -2.17. The molecule has 0 spiro atoms. The van der Waals surface area contributed by atoms with Crippen LogP contribution in [0.25, 0.3) is 39.2 Å². The maximum atomic E-state index is 13.6. The van der Waals surface area contributed by atoms with Crippen LogP contribution in [0.1, 0.15) is 36.1 Å². The highest BCUT2D eigenvalue weighted by molar-refractivity contribution is 6.39. The third-order valence-electron chi connectivity index (χ3n) is 9.93. The fourth-order valence-corrected chi connectivity index (χ4v) is 7.74. The van der Waals surface area contributed by atoms with Crippen LogP contribution in [0, 0.1) is 12.8 Å². The molecule has 3 N–H and O–H groups in total. The summed E-state index contributed by atoms with van der Waals surface area (Å²) in [7, 11) is 1.58.